The number of halogens is 3. The molecule has 0 aliphatic heterocycles. The average Bonchev–Trinajstić information content (AvgIpc) is 2.41. The maximum Gasteiger partial charge on any atom is 0.196 e. The van der Waals surface area contributed by atoms with Gasteiger partial charge in [-0.3, -0.25) is 0 Å². The quantitative estimate of drug-likeness (QED) is 0.818. The van der Waals surface area contributed by atoms with E-state index < -0.39 is 17.5 Å². The number of anilines is 3. The number of aromatic nitrogens is 1. The molecule has 19 heavy (non-hydrogen) atoms. The highest BCUT2D eigenvalue weighted by molar-refractivity contribution is 5.73. The van der Waals surface area contributed by atoms with E-state index in [0.717, 1.165) is 12.1 Å². The summed E-state index contributed by atoms with van der Waals surface area (Å²) in [5, 5.41) is 11.2. The molecular formula is C12H7F3N4. The van der Waals surface area contributed by atoms with Gasteiger partial charge in [-0.15, -0.1) is 0 Å². The van der Waals surface area contributed by atoms with Gasteiger partial charge in [0.1, 0.15) is 6.07 Å². The van der Waals surface area contributed by atoms with Crippen molar-refractivity contribution in [2.24, 2.45) is 0 Å². The molecule has 0 spiro atoms. The van der Waals surface area contributed by atoms with Crippen LogP contribution in [-0.4, -0.2) is 4.98 Å². The predicted octanol–water partition coefficient (Wildman–Crippen LogP) is 2.70. The van der Waals surface area contributed by atoms with E-state index in [1.165, 1.54) is 12.3 Å². The van der Waals surface area contributed by atoms with Gasteiger partial charge in [-0.2, -0.15) is 5.26 Å². The monoisotopic (exact) mass is 264 g/mol. The van der Waals surface area contributed by atoms with Crippen LogP contribution in [0.3, 0.4) is 0 Å². The average molecular weight is 264 g/mol. The fourth-order valence-corrected chi connectivity index (χ4v) is 1.42. The van der Waals surface area contributed by atoms with Crippen LogP contribution in [0.25, 0.3) is 0 Å². The molecule has 0 aliphatic rings. The zero-order valence-electron chi connectivity index (χ0n) is 9.42. The van der Waals surface area contributed by atoms with E-state index in [2.05, 4.69) is 10.3 Å². The lowest BCUT2D eigenvalue weighted by Crippen LogP contribution is -2.04. The van der Waals surface area contributed by atoms with Crippen LogP contribution in [0.15, 0.2) is 24.4 Å². The topological polar surface area (TPSA) is 74.7 Å². The largest absolute Gasteiger partial charge is 0.395 e. The lowest BCUT2D eigenvalue weighted by Gasteiger charge is -2.10. The first-order valence-corrected chi connectivity index (χ1v) is 5.09. The van der Waals surface area contributed by atoms with Gasteiger partial charge in [-0.05, 0) is 18.2 Å². The normalized spacial score (nSPS) is 10.0. The highest BCUT2D eigenvalue weighted by Crippen LogP contribution is 2.26. The molecule has 0 amide bonds. The van der Waals surface area contributed by atoms with E-state index >= 15 is 0 Å². The minimum Gasteiger partial charge on any atom is -0.395 e. The van der Waals surface area contributed by atoms with Gasteiger partial charge in [0.15, 0.2) is 23.3 Å². The van der Waals surface area contributed by atoms with E-state index in [4.69, 9.17) is 11.0 Å². The molecule has 0 bridgehead atoms. The number of nitrogen functional groups attached to an aromatic ring is 1. The van der Waals surface area contributed by atoms with Gasteiger partial charge >= 0.3 is 0 Å². The van der Waals surface area contributed by atoms with Crippen molar-refractivity contribution in [3.8, 4) is 6.07 Å². The summed E-state index contributed by atoms with van der Waals surface area (Å²) in [6, 6.07) is 4.98. The molecular weight excluding hydrogens is 257 g/mol. The number of nitrogens with two attached hydrogens (primary N) is 1. The van der Waals surface area contributed by atoms with Crippen LogP contribution in [0.2, 0.25) is 0 Å². The van der Waals surface area contributed by atoms with Crippen LogP contribution in [0, 0.1) is 28.8 Å². The molecule has 96 valence electrons. The fraction of sp³-hybridized carbons (Fsp3) is 0. The Kier molecular flexibility index (Phi) is 3.25. The highest BCUT2D eigenvalue weighted by atomic mass is 19.2. The van der Waals surface area contributed by atoms with E-state index in [9.17, 15) is 13.2 Å². The Morgan fingerprint density at radius 2 is 1.89 bits per heavy atom. The molecule has 1 aromatic carbocycles. The van der Waals surface area contributed by atoms with Crippen molar-refractivity contribution in [2.75, 3.05) is 11.1 Å². The van der Waals surface area contributed by atoms with Gasteiger partial charge in [0.25, 0.3) is 0 Å². The summed E-state index contributed by atoms with van der Waals surface area (Å²) in [4.78, 5) is 3.81. The second kappa shape index (κ2) is 4.86. The fourth-order valence-electron chi connectivity index (χ4n) is 1.42. The molecule has 7 heteroatoms. The Bertz CT molecular complexity index is 679. The standard InChI is InChI=1S/C12H7F3N4/c13-7-1-2-8(10(15)9(7)14)19-12-11(17)6(5-16)3-4-18-12/h1-4H,17H2,(H,18,19). The van der Waals surface area contributed by atoms with Crippen molar-refractivity contribution < 1.29 is 13.2 Å². The second-order valence-electron chi connectivity index (χ2n) is 3.58. The molecule has 0 saturated heterocycles. The first kappa shape index (κ1) is 12.7. The Morgan fingerprint density at radius 3 is 2.58 bits per heavy atom. The third-order valence-corrected chi connectivity index (χ3v) is 2.40. The summed E-state index contributed by atoms with van der Waals surface area (Å²) >= 11 is 0. The smallest absolute Gasteiger partial charge is 0.196 e. The van der Waals surface area contributed by atoms with Crippen molar-refractivity contribution >= 4 is 17.2 Å². The first-order valence-electron chi connectivity index (χ1n) is 5.09. The van der Waals surface area contributed by atoms with Crippen LogP contribution in [0.4, 0.5) is 30.4 Å². The molecule has 4 nitrogen and oxygen atoms in total. The molecule has 3 N–H and O–H groups in total. The van der Waals surface area contributed by atoms with E-state index in [0.29, 0.717) is 0 Å². The molecule has 0 saturated carbocycles. The number of hydrogen-bond donors (Lipinski definition) is 2. The summed E-state index contributed by atoms with van der Waals surface area (Å²) in [5.41, 5.74) is 5.43. The summed E-state index contributed by atoms with van der Waals surface area (Å²) in [7, 11) is 0. The van der Waals surface area contributed by atoms with Crippen molar-refractivity contribution in [2.45, 2.75) is 0 Å². The molecule has 0 fully saturated rings. The van der Waals surface area contributed by atoms with E-state index in [1.807, 2.05) is 6.07 Å². The SMILES string of the molecule is N#Cc1ccnc(Nc2ccc(F)c(F)c2F)c1N. The minimum absolute atomic E-state index is 0.00543. The van der Waals surface area contributed by atoms with Crippen LogP contribution in [-0.2, 0) is 0 Å². The maximum absolute atomic E-state index is 13.5. The molecule has 0 radical (unpaired) electrons. The molecule has 1 heterocycles. The molecule has 2 rings (SSSR count). The summed E-state index contributed by atoms with van der Waals surface area (Å²) < 4.78 is 39.3. The Morgan fingerprint density at radius 1 is 1.16 bits per heavy atom. The Balaban J connectivity index is 2.43. The zero-order chi connectivity index (χ0) is 14.0. The number of benzene rings is 1. The molecule has 0 aliphatic carbocycles. The van der Waals surface area contributed by atoms with Gasteiger partial charge in [-0.1, -0.05) is 0 Å². The molecule has 0 atom stereocenters. The van der Waals surface area contributed by atoms with E-state index in [-0.39, 0.29) is 22.8 Å². The Labute approximate surface area is 106 Å². The predicted molar refractivity (Wildman–Crippen MR) is 63.0 cm³/mol. The van der Waals surface area contributed by atoms with Gasteiger partial charge in [0.2, 0.25) is 0 Å². The highest BCUT2D eigenvalue weighted by Gasteiger charge is 2.15. The van der Waals surface area contributed by atoms with Crippen LogP contribution in [0.5, 0.6) is 0 Å². The van der Waals surface area contributed by atoms with E-state index in [1.54, 1.807) is 0 Å². The number of nitrogens with zero attached hydrogens (tertiary/aromatic N) is 2. The van der Waals surface area contributed by atoms with Crippen LogP contribution in [0.1, 0.15) is 5.56 Å². The lowest BCUT2D eigenvalue weighted by molar-refractivity contribution is 0.449. The summed E-state index contributed by atoms with van der Waals surface area (Å²) in [6.45, 7) is 0. The van der Waals surface area contributed by atoms with Crippen molar-refractivity contribution in [1.82, 2.24) is 4.98 Å². The maximum atomic E-state index is 13.5. The lowest BCUT2D eigenvalue weighted by atomic mass is 10.2. The zero-order valence-corrected chi connectivity index (χ0v) is 9.42. The van der Waals surface area contributed by atoms with Gasteiger partial charge in [0.05, 0.1) is 16.9 Å². The van der Waals surface area contributed by atoms with Gasteiger partial charge in [-0.25, -0.2) is 18.2 Å². The third-order valence-electron chi connectivity index (χ3n) is 2.40. The van der Waals surface area contributed by atoms with Crippen LogP contribution >= 0.6 is 0 Å². The molecule has 0 unspecified atom stereocenters. The number of nitrogens with one attached hydrogen (secondary N) is 1. The number of rotatable bonds is 2. The molecule has 2 aromatic rings. The summed E-state index contributed by atoms with van der Waals surface area (Å²) in [6.07, 6.45) is 1.29. The summed E-state index contributed by atoms with van der Waals surface area (Å²) in [5.74, 6) is -4.29. The first-order chi connectivity index (χ1) is 9.04. The van der Waals surface area contributed by atoms with Crippen molar-refractivity contribution in [3.63, 3.8) is 0 Å². The second-order valence-corrected chi connectivity index (χ2v) is 3.58. The number of pyridine rings is 1. The van der Waals surface area contributed by atoms with Gasteiger partial charge in [0, 0.05) is 6.20 Å². The van der Waals surface area contributed by atoms with Crippen molar-refractivity contribution in [1.29, 1.82) is 5.26 Å². The van der Waals surface area contributed by atoms with Crippen LogP contribution < -0.4 is 11.1 Å². The van der Waals surface area contributed by atoms with Crippen molar-refractivity contribution in [3.05, 3.63) is 47.4 Å². The molecule has 1 aromatic heterocycles. The minimum atomic E-state index is -1.60. The third kappa shape index (κ3) is 2.28. The Hall–Kier alpha value is -2.75. The number of hydrogen-bond acceptors (Lipinski definition) is 4. The number of nitriles is 1. The van der Waals surface area contributed by atoms with Gasteiger partial charge < -0.3 is 11.1 Å².